The lowest BCUT2D eigenvalue weighted by Crippen LogP contribution is -2.26. The van der Waals surface area contributed by atoms with Gasteiger partial charge >= 0.3 is 5.97 Å². The SMILES string of the molecule is COC(=O)c1[nH]c(C)cc1NC(=O)[C@H]1C[C@H]2C=C[C@H]1C2. The number of esters is 1. The Balaban J connectivity index is 1.76. The summed E-state index contributed by atoms with van der Waals surface area (Å²) < 4.78 is 4.71. The fourth-order valence-electron chi connectivity index (χ4n) is 3.26. The molecular formula is C15H18N2O3. The number of carbonyl (C=O) groups is 2. The van der Waals surface area contributed by atoms with Crippen LogP contribution < -0.4 is 5.32 Å². The summed E-state index contributed by atoms with van der Waals surface area (Å²) in [5.74, 6) is 0.434. The highest BCUT2D eigenvalue weighted by Crippen LogP contribution is 2.43. The van der Waals surface area contributed by atoms with Crippen LogP contribution >= 0.6 is 0 Å². The maximum Gasteiger partial charge on any atom is 0.356 e. The number of nitrogens with one attached hydrogen (secondary N) is 2. The van der Waals surface area contributed by atoms with E-state index in [0.29, 0.717) is 23.2 Å². The summed E-state index contributed by atoms with van der Waals surface area (Å²) >= 11 is 0. The van der Waals surface area contributed by atoms with Gasteiger partial charge in [0, 0.05) is 11.6 Å². The van der Waals surface area contributed by atoms with Crippen molar-refractivity contribution in [1.82, 2.24) is 4.98 Å². The Morgan fingerprint density at radius 1 is 1.35 bits per heavy atom. The van der Waals surface area contributed by atoms with Gasteiger partial charge in [0.15, 0.2) is 0 Å². The second kappa shape index (κ2) is 4.81. The predicted octanol–water partition coefficient (Wildman–Crippen LogP) is 2.26. The Bertz CT molecular complexity index is 588. The number of hydrogen-bond acceptors (Lipinski definition) is 3. The number of fused-ring (bicyclic) bond motifs is 2. The summed E-state index contributed by atoms with van der Waals surface area (Å²) in [5, 5.41) is 2.87. The average Bonchev–Trinajstić information content (AvgIpc) is 3.12. The van der Waals surface area contributed by atoms with Crippen LogP contribution in [0.4, 0.5) is 5.69 Å². The molecule has 106 valence electrons. The molecule has 20 heavy (non-hydrogen) atoms. The monoisotopic (exact) mass is 274 g/mol. The minimum atomic E-state index is -0.471. The molecule has 3 atom stereocenters. The number of aromatic nitrogens is 1. The standard InChI is InChI=1S/C15H18N2O3/c1-8-5-12(13(16-8)15(19)20-2)17-14(18)11-7-9-3-4-10(11)6-9/h3-5,9-11,16H,6-7H2,1-2H3,(H,17,18)/t9-,10-,11-/m0/s1. The average molecular weight is 274 g/mol. The Kier molecular flexibility index (Phi) is 3.12. The van der Waals surface area contributed by atoms with Crippen molar-refractivity contribution in [3.8, 4) is 0 Å². The second-order valence-corrected chi connectivity index (χ2v) is 5.61. The number of allylic oxidation sites excluding steroid dienone is 2. The summed E-state index contributed by atoms with van der Waals surface area (Å²) in [4.78, 5) is 26.9. The predicted molar refractivity (Wildman–Crippen MR) is 74.3 cm³/mol. The number of aromatic amines is 1. The number of methoxy groups -OCH3 is 1. The van der Waals surface area contributed by atoms with Crippen LogP contribution in [0, 0.1) is 24.7 Å². The maximum absolute atomic E-state index is 12.4. The molecule has 1 aromatic rings. The van der Waals surface area contributed by atoms with Gasteiger partial charge < -0.3 is 15.0 Å². The number of amides is 1. The first kappa shape index (κ1) is 13.0. The summed E-state index contributed by atoms with van der Waals surface area (Å²) in [6.45, 7) is 1.84. The van der Waals surface area contributed by atoms with Gasteiger partial charge in [-0.2, -0.15) is 0 Å². The van der Waals surface area contributed by atoms with Gasteiger partial charge in [-0.3, -0.25) is 4.79 Å². The van der Waals surface area contributed by atoms with Gasteiger partial charge in [0.2, 0.25) is 5.91 Å². The van der Waals surface area contributed by atoms with Crippen LogP contribution in [0.25, 0.3) is 0 Å². The molecule has 5 nitrogen and oxygen atoms in total. The number of hydrogen-bond donors (Lipinski definition) is 2. The van der Waals surface area contributed by atoms with Crippen LogP contribution in [0.1, 0.15) is 29.0 Å². The van der Waals surface area contributed by atoms with Crippen molar-refractivity contribution in [3.05, 3.63) is 29.6 Å². The molecule has 1 heterocycles. The van der Waals surface area contributed by atoms with E-state index >= 15 is 0 Å². The van der Waals surface area contributed by atoms with E-state index in [2.05, 4.69) is 22.5 Å². The van der Waals surface area contributed by atoms with Crippen LogP contribution in [0.2, 0.25) is 0 Å². The van der Waals surface area contributed by atoms with E-state index in [0.717, 1.165) is 18.5 Å². The first-order valence-corrected chi connectivity index (χ1v) is 6.85. The third-order valence-corrected chi connectivity index (χ3v) is 4.22. The summed E-state index contributed by atoms with van der Waals surface area (Å²) in [5.41, 5.74) is 1.62. The molecule has 2 aliphatic carbocycles. The van der Waals surface area contributed by atoms with E-state index in [9.17, 15) is 9.59 Å². The molecule has 1 amide bonds. The number of ether oxygens (including phenoxy) is 1. The van der Waals surface area contributed by atoms with Gasteiger partial charge in [-0.25, -0.2) is 4.79 Å². The third-order valence-electron chi connectivity index (χ3n) is 4.22. The molecular weight excluding hydrogens is 256 g/mol. The lowest BCUT2D eigenvalue weighted by atomic mass is 9.93. The topological polar surface area (TPSA) is 71.2 Å². The summed E-state index contributed by atoms with van der Waals surface area (Å²) in [6.07, 6.45) is 6.33. The molecule has 0 spiro atoms. The van der Waals surface area contributed by atoms with Crippen molar-refractivity contribution in [3.63, 3.8) is 0 Å². The number of rotatable bonds is 3. The van der Waals surface area contributed by atoms with Crippen LogP contribution in [0.15, 0.2) is 18.2 Å². The summed E-state index contributed by atoms with van der Waals surface area (Å²) in [6, 6.07) is 1.76. The van der Waals surface area contributed by atoms with Gasteiger partial charge in [0.1, 0.15) is 5.69 Å². The van der Waals surface area contributed by atoms with Gasteiger partial charge in [-0.1, -0.05) is 12.2 Å². The molecule has 0 aliphatic heterocycles. The fourth-order valence-corrected chi connectivity index (χ4v) is 3.26. The van der Waals surface area contributed by atoms with Crippen LogP contribution in [0.3, 0.4) is 0 Å². The Morgan fingerprint density at radius 3 is 2.75 bits per heavy atom. The van der Waals surface area contributed by atoms with E-state index in [1.54, 1.807) is 6.07 Å². The second-order valence-electron chi connectivity index (χ2n) is 5.61. The highest BCUT2D eigenvalue weighted by molar-refractivity contribution is 6.01. The first-order valence-electron chi connectivity index (χ1n) is 6.85. The van der Waals surface area contributed by atoms with Crippen molar-refractivity contribution in [2.24, 2.45) is 17.8 Å². The zero-order chi connectivity index (χ0) is 14.3. The van der Waals surface area contributed by atoms with Crippen LogP contribution in [-0.2, 0) is 9.53 Å². The Morgan fingerprint density at radius 2 is 2.15 bits per heavy atom. The van der Waals surface area contributed by atoms with Crippen LogP contribution in [-0.4, -0.2) is 24.0 Å². The van der Waals surface area contributed by atoms with E-state index in [4.69, 9.17) is 4.74 Å². The normalized spacial score (nSPS) is 26.8. The number of anilines is 1. The van der Waals surface area contributed by atoms with Crippen molar-refractivity contribution in [2.75, 3.05) is 12.4 Å². The van der Waals surface area contributed by atoms with Crippen LogP contribution in [0.5, 0.6) is 0 Å². The summed E-state index contributed by atoms with van der Waals surface area (Å²) in [7, 11) is 1.32. The highest BCUT2D eigenvalue weighted by Gasteiger charge is 2.40. The number of H-pyrrole nitrogens is 1. The molecule has 3 rings (SSSR count). The van der Waals surface area contributed by atoms with E-state index in [1.807, 2.05) is 6.92 Å². The van der Waals surface area contributed by atoms with Gasteiger partial charge in [-0.15, -0.1) is 0 Å². The van der Waals surface area contributed by atoms with Crippen molar-refractivity contribution < 1.29 is 14.3 Å². The largest absolute Gasteiger partial charge is 0.464 e. The lowest BCUT2D eigenvalue weighted by molar-refractivity contribution is -0.120. The fraction of sp³-hybridized carbons (Fsp3) is 0.467. The van der Waals surface area contributed by atoms with Gasteiger partial charge in [0.05, 0.1) is 12.8 Å². The molecule has 0 saturated heterocycles. The van der Waals surface area contributed by atoms with Gasteiger partial charge in [-0.05, 0) is 37.7 Å². The van der Waals surface area contributed by atoms with Crippen molar-refractivity contribution in [1.29, 1.82) is 0 Å². The van der Waals surface area contributed by atoms with E-state index in [-0.39, 0.29) is 11.8 Å². The Labute approximate surface area is 117 Å². The minimum Gasteiger partial charge on any atom is -0.464 e. The van der Waals surface area contributed by atoms with Gasteiger partial charge in [0.25, 0.3) is 0 Å². The molecule has 5 heteroatoms. The molecule has 1 saturated carbocycles. The van der Waals surface area contributed by atoms with E-state index < -0.39 is 5.97 Å². The zero-order valence-electron chi connectivity index (χ0n) is 11.6. The van der Waals surface area contributed by atoms with Crippen molar-refractivity contribution >= 4 is 17.6 Å². The maximum atomic E-state index is 12.4. The molecule has 0 aromatic carbocycles. The molecule has 2 N–H and O–H groups in total. The third kappa shape index (κ3) is 2.13. The number of carbonyl (C=O) groups excluding carboxylic acids is 2. The highest BCUT2D eigenvalue weighted by atomic mass is 16.5. The molecule has 1 aromatic heterocycles. The molecule has 2 bridgehead atoms. The Hall–Kier alpha value is -2.04. The molecule has 0 radical (unpaired) electrons. The molecule has 0 unspecified atom stereocenters. The smallest absolute Gasteiger partial charge is 0.356 e. The lowest BCUT2D eigenvalue weighted by Gasteiger charge is -2.17. The number of aryl methyl sites for hydroxylation is 1. The van der Waals surface area contributed by atoms with E-state index in [1.165, 1.54) is 7.11 Å². The molecule has 2 aliphatic rings. The molecule has 1 fully saturated rings. The zero-order valence-corrected chi connectivity index (χ0v) is 11.6. The van der Waals surface area contributed by atoms with Crippen molar-refractivity contribution in [2.45, 2.75) is 19.8 Å². The first-order chi connectivity index (χ1) is 9.58. The quantitative estimate of drug-likeness (QED) is 0.656. The minimum absolute atomic E-state index is 0.00833.